The molecule has 1 unspecified atom stereocenters. The zero-order chi connectivity index (χ0) is 26.3. The van der Waals surface area contributed by atoms with Crippen molar-refractivity contribution in [2.24, 2.45) is 11.1 Å². The van der Waals surface area contributed by atoms with Crippen LogP contribution < -0.4 is 20.3 Å². The number of carbonyl (C=O) groups is 1. The topological polar surface area (TPSA) is 136 Å². The van der Waals surface area contributed by atoms with Crippen LogP contribution in [0.4, 0.5) is 16.4 Å². The molecule has 3 N–H and O–H groups in total. The van der Waals surface area contributed by atoms with Crippen LogP contribution in [-0.4, -0.2) is 77.2 Å². The molecule has 3 atom stereocenters. The molecule has 0 aliphatic carbocycles. The van der Waals surface area contributed by atoms with Gasteiger partial charge >= 0.3 is 6.09 Å². The lowest BCUT2D eigenvalue weighted by Gasteiger charge is -2.39. The molecule has 2 aromatic heterocycles. The van der Waals surface area contributed by atoms with E-state index in [1.807, 2.05) is 6.07 Å². The lowest BCUT2D eigenvalue weighted by molar-refractivity contribution is 0.0975. The van der Waals surface area contributed by atoms with Crippen LogP contribution in [0.2, 0.25) is 0 Å². The van der Waals surface area contributed by atoms with E-state index < -0.39 is 6.09 Å². The Labute approximate surface area is 226 Å². The quantitative estimate of drug-likeness (QED) is 0.577. The number of anilines is 2. The largest absolute Gasteiger partial charge is 0.488 e. The highest BCUT2D eigenvalue weighted by molar-refractivity contribution is 7.99. The molecule has 0 saturated carbocycles. The summed E-state index contributed by atoms with van der Waals surface area (Å²) in [4.78, 5) is 30.7. The summed E-state index contributed by atoms with van der Waals surface area (Å²) in [5, 5.41) is 10.8. The van der Waals surface area contributed by atoms with E-state index in [0.717, 1.165) is 61.9 Å². The van der Waals surface area contributed by atoms with Crippen LogP contribution in [0.1, 0.15) is 44.7 Å². The third kappa shape index (κ3) is 4.96. The Morgan fingerprint density at radius 3 is 2.89 bits per heavy atom. The fourth-order valence-electron chi connectivity index (χ4n) is 6.32. The molecular weight excluding hydrogens is 508 g/mol. The molecule has 4 aliphatic heterocycles. The first kappa shape index (κ1) is 25.4. The molecule has 2 aromatic rings. The number of hydrogen-bond donors (Lipinski definition) is 2. The van der Waals surface area contributed by atoms with E-state index >= 15 is 0 Å². The number of ether oxygens (including phenoxy) is 3. The summed E-state index contributed by atoms with van der Waals surface area (Å²) >= 11 is 1.44. The molecular formula is C26H34N6O5S. The minimum atomic E-state index is -0.755. The van der Waals surface area contributed by atoms with Crippen LogP contribution in [0.25, 0.3) is 0 Å². The van der Waals surface area contributed by atoms with Crippen molar-refractivity contribution in [2.75, 3.05) is 42.6 Å². The summed E-state index contributed by atoms with van der Waals surface area (Å²) in [6.07, 6.45) is 7.56. The van der Waals surface area contributed by atoms with Gasteiger partial charge in [0.2, 0.25) is 0 Å². The number of rotatable bonds is 5. The van der Waals surface area contributed by atoms with Crippen molar-refractivity contribution >= 4 is 29.5 Å². The smallest absolute Gasteiger partial charge is 0.404 e. The Morgan fingerprint density at radius 1 is 1.32 bits per heavy atom. The van der Waals surface area contributed by atoms with Crippen LogP contribution in [0.3, 0.4) is 0 Å². The second-order valence-electron chi connectivity index (χ2n) is 10.8. The molecule has 0 radical (unpaired) electrons. The van der Waals surface area contributed by atoms with Gasteiger partial charge in [-0.1, -0.05) is 11.8 Å². The molecule has 11 nitrogen and oxygen atoms in total. The van der Waals surface area contributed by atoms with E-state index in [0.29, 0.717) is 42.1 Å². The summed E-state index contributed by atoms with van der Waals surface area (Å²) in [5.74, 6) is 2.17. The van der Waals surface area contributed by atoms with Crippen LogP contribution in [0.15, 0.2) is 28.4 Å². The molecule has 0 aromatic carbocycles. The second kappa shape index (κ2) is 10.4. The van der Waals surface area contributed by atoms with E-state index in [1.165, 1.54) is 11.8 Å². The van der Waals surface area contributed by atoms with Crippen LogP contribution in [-0.2, 0) is 16.1 Å². The highest BCUT2D eigenvalue weighted by Gasteiger charge is 2.42. The average molecular weight is 543 g/mol. The minimum absolute atomic E-state index is 0.163. The van der Waals surface area contributed by atoms with Gasteiger partial charge in [-0.25, -0.2) is 19.7 Å². The molecule has 6 heterocycles. The SMILES string of the molecule is C[C@H]1CC2(CCN(c3ncc(Sc4ccnc5c4OCCC4C[C@H](OC(N)=O)CN54)nc3CO)CC2)CO1. The second-order valence-corrected chi connectivity index (χ2v) is 11.8. The highest BCUT2D eigenvalue weighted by atomic mass is 32.2. The third-order valence-electron chi connectivity index (χ3n) is 8.16. The number of primary amides is 1. The zero-order valence-electron chi connectivity index (χ0n) is 21.5. The van der Waals surface area contributed by atoms with Gasteiger partial charge in [0, 0.05) is 38.2 Å². The Bertz CT molecular complexity index is 1190. The molecule has 0 bridgehead atoms. The van der Waals surface area contributed by atoms with Gasteiger partial charge < -0.3 is 34.9 Å². The van der Waals surface area contributed by atoms with E-state index in [1.54, 1.807) is 12.4 Å². The number of pyridine rings is 1. The van der Waals surface area contributed by atoms with E-state index in [-0.39, 0.29) is 24.2 Å². The summed E-state index contributed by atoms with van der Waals surface area (Å²) < 4.78 is 17.3. The summed E-state index contributed by atoms with van der Waals surface area (Å²) in [6.45, 7) is 5.63. The predicted molar refractivity (Wildman–Crippen MR) is 141 cm³/mol. The normalized spacial score (nSPS) is 26.0. The molecule has 3 fully saturated rings. The summed E-state index contributed by atoms with van der Waals surface area (Å²) in [7, 11) is 0. The number of piperidine rings is 1. The average Bonchev–Trinajstić information content (AvgIpc) is 3.42. The molecule has 204 valence electrons. The Morgan fingerprint density at radius 2 is 2.16 bits per heavy atom. The number of hydrogen-bond acceptors (Lipinski definition) is 11. The molecule has 38 heavy (non-hydrogen) atoms. The van der Waals surface area contributed by atoms with Gasteiger partial charge in [0.15, 0.2) is 17.4 Å². The fourth-order valence-corrected chi connectivity index (χ4v) is 7.18. The number of fused-ring (bicyclic) bond motifs is 3. The standard InChI is InChI=1S/C26H34N6O5S/c1-16-11-26(15-36-16)4-7-31(8-5-26)23-19(14-33)30-21(12-29-23)38-20-2-6-28-24-22(20)35-9-3-17-10-18(13-32(17)24)37-25(27)34/h2,6,12,16-18,33H,3-5,7-11,13-15H2,1H3,(H2,27,34)/t16-,17?,18-/m0/s1. The molecule has 1 amide bonds. The van der Waals surface area contributed by atoms with Gasteiger partial charge in [-0.3, -0.25) is 0 Å². The van der Waals surface area contributed by atoms with Crippen molar-refractivity contribution < 1.29 is 24.1 Å². The van der Waals surface area contributed by atoms with Crippen molar-refractivity contribution in [2.45, 2.75) is 73.8 Å². The van der Waals surface area contributed by atoms with Crippen molar-refractivity contribution in [3.8, 4) is 5.75 Å². The van der Waals surface area contributed by atoms with Crippen LogP contribution >= 0.6 is 11.8 Å². The van der Waals surface area contributed by atoms with Gasteiger partial charge in [-0.2, -0.15) is 0 Å². The van der Waals surface area contributed by atoms with Gasteiger partial charge in [0.05, 0.1) is 43.6 Å². The third-order valence-corrected chi connectivity index (χ3v) is 9.11. The Balaban J connectivity index is 1.19. The van der Waals surface area contributed by atoms with Crippen molar-refractivity contribution in [1.82, 2.24) is 15.0 Å². The number of aliphatic hydroxyl groups excluding tert-OH is 1. The number of nitrogens with zero attached hydrogens (tertiary/aromatic N) is 5. The summed E-state index contributed by atoms with van der Waals surface area (Å²) in [5.41, 5.74) is 6.10. The molecule has 6 rings (SSSR count). The number of aromatic nitrogens is 3. The number of nitrogens with two attached hydrogens (primary N) is 1. The predicted octanol–water partition coefficient (Wildman–Crippen LogP) is 2.74. The van der Waals surface area contributed by atoms with Crippen LogP contribution in [0.5, 0.6) is 5.75 Å². The highest BCUT2D eigenvalue weighted by Crippen LogP contribution is 2.45. The van der Waals surface area contributed by atoms with Gasteiger partial charge in [0.1, 0.15) is 16.8 Å². The Hall–Kier alpha value is -2.83. The minimum Gasteiger partial charge on any atom is -0.488 e. The van der Waals surface area contributed by atoms with Crippen molar-refractivity contribution in [1.29, 1.82) is 0 Å². The maximum atomic E-state index is 11.3. The molecule has 4 aliphatic rings. The maximum absolute atomic E-state index is 11.3. The lowest BCUT2D eigenvalue weighted by Crippen LogP contribution is -2.41. The van der Waals surface area contributed by atoms with Crippen molar-refractivity contribution in [3.63, 3.8) is 0 Å². The number of amides is 1. The molecule has 3 saturated heterocycles. The first-order valence-corrected chi connectivity index (χ1v) is 14.1. The Kier molecular flexibility index (Phi) is 6.95. The summed E-state index contributed by atoms with van der Waals surface area (Å²) in [6, 6.07) is 2.07. The van der Waals surface area contributed by atoms with Gasteiger partial charge in [0.25, 0.3) is 0 Å². The first-order valence-electron chi connectivity index (χ1n) is 13.3. The van der Waals surface area contributed by atoms with Crippen LogP contribution in [0, 0.1) is 5.41 Å². The van der Waals surface area contributed by atoms with Gasteiger partial charge in [-0.05, 0) is 37.7 Å². The maximum Gasteiger partial charge on any atom is 0.404 e. The van der Waals surface area contributed by atoms with E-state index in [9.17, 15) is 9.90 Å². The van der Waals surface area contributed by atoms with E-state index in [4.69, 9.17) is 29.9 Å². The fraction of sp³-hybridized carbons (Fsp3) is 0.615. The first-order chi connectivity index (χ1) is 18.4. The zero-order valence-corrected chi connectivity index (χ0v) is 22.4. The number of aliphatic hydroxyl groups is 1. The van der Waals surface area contributed by atoms with Crippen molar-refractivity contribution in [3.05, 3.63) is 24.2 Å². The monoisotopic (exact) mass is 542 g/mol. The molecule has 12 heteroatoms. The van der Waals surface area contributed by atoms with Gasteiger partial charge in [-0.15, -0.1) is 0 Å². The lowest BCUT2D eigenvalue weighted by atomic mass is 9.77. The number of carbonyl (C=O) groups excluding carboxylic acids is 1. The van der Waals surface area contributed by atoms with E-state index in [2.05, 4.69) is 21.7 Å². The molecule has 1 spiro atoms.